The van der Waals surface area contributed by atoms with Gasteiger partial charge in [-0.3, -0.25) is 0 Å². The largest absolute Gasteiger partial charge is 0.493 e. The zero-order chi connectivity index (χ0) is 14.3. The first-order valence-electron chi connectivity index (χ1n) is 6.18. The molecule has 1 aromatic rings. The Morgan fingerprint density at radius 3 is 2.26 bits per heavy atom. The van der Waals surface area contributed by atoms with E-state index in [0.29, 0.717) is 30.3 Å². The first-order valence-corrected chi connectivity index (χ1v) is 6.18. The summed E-state index contributed by atoms with van der Waals surface area (Å²) in [5.41, 5.74) is 0.601. The number of hydrogen-bond acceptors (Lipinski definition) is 5. The van der Waals surface area contributed by atoms with Gasteiger partial charge in [-0.25, -0.2) is 4.79 Å². The topological polar surface area (TPSA) is 68.5 Å². The Morgan fingerprint density at radius 1 is 1.11 bits per heavy atom. The molecule has 0 aliphatic carbocycles. The van der Waals surface area contributed by atoms with Crippen molar-refractivity contribution in [3.63, 3.8) is 0 Å². The van der Waals surface area contributed by atoms with Crippen molar-refractivity contribution in [2.24, 2.45) is 0 Å². The highest BCUT2D eigenvalue weighted by Gasteiger charge is 2.18. The molecule has 0 aliphatic heterocycles. The van der Waals surface area contributed by atoms with Gasteiger partial charge in [0.15, 0.2) is 0 Å². The van der Waals surface area contributed by atoms with Crippen LogP contribution >= 0.6 is 0 Å². The van der Waals surface area contributed by atoms with E-state index >= 15 is 0 Å². The van der Waals surface area contributed by atoms with Crippen LogP contribution in [-0.4, -0.2) is 25.8 Å². The molecule has 0 saturated carbocycles. The van der Waals surface area contributed by atoms with E-state index < -0.39 is 5.97 Å². The van der Waals surface area contributed by atoms with Crippen LogP contribution in [0.25, 0.3) is 0 Å². The van der Waals surface area contributed by atoms with Crippen LogP contribution in [0.4, 0.5) is 0 Å². The third-order valence-corrected chi connectivity index (χ3v) is 2.30. The molecule has 0 spiro atoms. The minimum absolute atomic E-state index is 0.270. The zero-order valence-electron chi connectivity index (χ0n) is 11.4. The fraction of sp³-hybridized carbons (Fsp3) is 0.429. The van der Waals surface area contributed by atoms with Crippen LogP contribution in [-0.2, 0) is 4.74 Å². The summed E-state index contributed by atoms with van der Waals surface area (Å²) in [4.78, 5) is 11.9. The summed E-state index contributed by atoms with van der Waals surface area (Å²) in [6.07, 6.45) is 0. The second-order valence-corrected chi connectivity index (χ2v) is 3.54. The second-order valence-electron chi connectivity index (χ2n) is 3.54. The maximum atomic E-state index is 11.9. The lowest BCUT2D eigenvalue weighted by atomic mass is 10.1. The van der Waals surface area contributed by atoms with Gasteiger partial charge >= 0.3 is 5.97 Å². The van der Waals surface area contributed by atoms with Crippen LogP contribution in [0.2, 0.25) is 0 Å². The Hall–Kier alpha value is -2.22. The van der Waals surface area contributed by atoms with E-state index in [1.165, 1.54) is 12.1 Å². The number of ether oxygens (including phenoxy) is 3. The summed E-state index contributed by atoms with van der Waals surface area (Å²) >= 11 is 0. The molecular weight excluding hydrogens is 246 g/mol. The summed E-state index contributed by atoms with van der Waals surface area (Å²) in [6, 6.07) is 5.01. The predicted molar refractivity (Wildman–Crippen MR) is 69.5 cm³/mol. The number of benzene rings is 1. The number of nitrogens with zero attached hydrogens (tertiary/aromatic N) is 1. The SMILES string of the molecule is CCOC(=O)c1cc(OCC)c(C#N)cc1OCC. The van der Waals surface area contributed by atoms with Gasteiger partial charge in [0.25, 0.3) is 0 Å². The summed E-state index contributed by atoms with van der Waals surface area (Å²) in [6.45, 7) is 6.41. The van der Waals surface area contributed by atoms with Crippen LogP contribution in [0.3, 0.4) is 0 Å². The van der Waals surface area contributed by atoms with Gasteiger partial charge < -0.3 is 14.2 Å². The van der Waals surface area contributed by atoms with Crippen LogP contribution in [0.1, 0.15) is 36.7 Å². The Morgan fingerprint density at radius 2 is 1.74 bits per heavy atom. The van der Waals surface area contributed by atoms with Crippen LogP contribution in [0, 0.1) is 11.3 Å². The number of carbonyl (C=O) groups excluding carboxylic acids is 1. The molecule has 102 valence electrons. The highest BCUT2D eigenvalue weighted by atomic mass is 16.5. The Balaban J connectivity index is 3.28. The highest BCUT2D eigenvalue weighted by molar-refractivity contribution is 5.93. The van der Waals surface area contributed by atoms with Gasteiger partial charge in [-0.1, -0.05) is 0 Å². The van der Waals surface area contributed by atoms with Gasteiger partial charge in [-0.15, -0.1) is 0 Å². The molecule has 19 heavy (non-hydrogen) atoms. The molecule has 0 heterocycles. The smallest absolute Gasteiger partial charge is 0.342 e. The minimum atomic E-state index is -0.489. The minimum Gasteiger partial charge on any atom is -0.493 e. The Kier molecular flexibility index (Phi) is 5.68. The van der Waals surface area contributed by atoms with Crippen molar-refractivity contribution in [3.05, 3.63) is 23.3 Å². The predicted octanol–water partition coefficient (Wildman–Crippen LogP) is 2.53. The van der Waals surface area contributed by atoms with Crippen molar-refractivity contribution in [3.8, 4) is 17.6 Å². The Labute approximate surface area is 112 Å². The number of esters is 1. The van der Waals surface area contributed by atoms with Gasteiger partial charge in [0.05, 0.1) is 25.4 Å². The third kappa shape index (κ3) is 3.62. The van der Waals surface area contributed by atoms with Crippen LogP contribution in [0.15, 0.2) is 12.1 Å². The summed E-state index contributed by atoms with van der Waals surface area (Å²) in [7, 11) is 0. The molecule has 1 rings (SSSR count). The number of rotatable bonds is 6. The molecule has 0 aliphatic rings. The van der Waals surface area contributed by atoms with Crippen molar-refractivity contribution in [1.82, 2.24) is 0 Å². The molecule has 0 saturated heterocycles. The average molecular weight is 263 g/mol. The van der Waals surface area contributed by atoms with Gasteiger partial charge in [-0.05, 0) is 26.8 Å². The number of carbonyl (C=O) groups is 1. The van der Waals surface area contributed by atoms with Crippen molar-refractivity contribution in [2.45, 2.75) is 20.8 Å². The van der Waals surface area contributed by atoms with Crippen molar-refractivity contribution < 1.29 is 19.0 Å². The molecule has 1 aromatic carbocycles. The molecule has 0 N–H and O–H groups in total. The number of nitriles is 1. The highest BCUT2D eigenvalue weighted by Crippen LogP contribution is 2.29. The van der Waals surface area contributed by atoms with Crippen molar-refractivity contribution >= 4 is 5.97 Å². The first kappa shape index (κ1) is 14.8. The first-order chi connectivity index (χ1) is 9.17. The summed E-state index contributed by atoms with van der Waals surface area (Å²) in [5.74, 6) is 0.203. The molecule has 0 unspecified atom stereocenters. The van der Waals surface area contributed by atoms with E-state index in [-0.39, 0.29) is 12.2 Å². The van der Waals surface area contributed by atoms with Gasteiger partial charge in [-0.2, -0.15) is 5.26 Å². The second kappa shape index (κ2) is 7.27. The lowest BCUT2D eigenvalue weighted by Gasteiger charge is -2.13. The molecular formula is C14H17NO4. The molecule has 0 radical (unpaired) electrons. The Bertz CT molecular complexity index is 491. The van der Waals surface area contributed by atoms with E-state index in [1.54, 1.807) is 13.8 Å². The maximum absolute atomic E-state index is 11.9. The van der Waals surface area contributed by atoms with Gasteiger partial charge in [0.2, 0.25) is 0 Å². The molecule has 0 aromatic heterocycles. The van der Waals surface area contributed by atoms with Gasteiger partial charge in [0.1, 0.15) is 23.1 Å². The third-order valence-electron chi connectivity index (χ3n) is 2.30. The van der Waals surface area contributed by atoms with Gasteiger partial charge in [0, 0.05) is 6.07 Å². The quantitative estimate of drug-likeness (QED) is 0.738. The van der Waals surface area contributed by atoms with E-state index in [2.05, 4.69) is 0 Å². The summed E-state index contributed by atoms with van der Waals surface area (Å²) in [5, 5.41) is 9.07. The molecule has 0 fully saturated rings. The molecule has 5 heteroatoms. The molecule has 0 amide bonds. The fourth-order valence-electron chi connectivity index (χ4n) is 1.57. The zero-order valence-corrected chi connectivity index (χ0v) is 11.4. The van der Waals surface area contributed by atoms with Crippen LogP contribution < -0.4 is 9.47 Å². The van der Waals surface area contributed by atoms with E-state index in [9.17, 15) is 4.79 Å². The lowest BCUT2D eigenvalue weighted by molar-refractivity contribution is 0.0521. The lowest BCUT2D eigenvalue weighted by Crippen LogP contribution is -2.09. The number of hydrogen-bond donors (Lipinski definition) is 0. The summed E-state index contributed by atoms with van der Waals surface area (Å²) < 4.78 is 15.7. The van der Waals surface area contributed by atoms with Crippen LogP contribution in [0.5, 0.6) is 11.5 Å². The van der Waals surface area contributed by atoms with Crippen molar-refractivity contribution in [1.29, 1.82) is 5.26 Å². The molecule has 0 atom stereocenters. The standard InChI is InChI=1S/C14H17NO4/c1-4-17-12-8-11(14(16)19-6-3)13(18-5-2)7-10(12)9-15/h7-8H,4-6H2,1-3H3. The normalized spacial score (nSPS) is 9.58. The van der Waals surface area contributed by atoms with Crippen molar-refractivity contribution in [2.75, 3.05) is 19.8 Å². The fourth-order valence-corrected chi connectivity index (χ4v) is 1.57. The monoisotopic (exact) mass is 263 g/mol. The molecule has 0 bridgehead atoms. The van der Waals surface area contributed by atoms with E-state index in [0.717, 1.165) is 0 Å². The van der Waals surface area contributed by atoms with E-state index in [4.69, 9.17) is 19.5 Å². The average Bonchev–Trinajstić information content (AvgIpc) is 2.40. The maximum Gasteiger partial charge on any atom is 0.342 e. The van der Waals surface area contributed by atoms with E-state index in [1.807, 2.05) is 13.0 Å². The molecule has 5 nitrogen and oxygen atoms in total.